The largest absolute Gasteiger partial charge is 0.481 e. The molecule has 3 heterocycles. The number of rotatable bonds is 14. The van der Waals surface area contributed by atoms with Crippen molar-refractivity contribution in [3.05, 3.63) is 16.7 Å². The Morgan fingerprint density at radius 3 is 2.49 bits per heavy atom. The number of imidazole rings is 1. The lowest BCUT2D eigenvalue weighted by Crippen LogP contribution is -2.37. The van der Waals surface area contributed by atoms with Crippen molar-refractivity contribution < 1.29 is 65.2 Å². The fraction of sp³-hybridized carbons (Fsp3) is 0.667. The number of ether oxygens (including phenoxy) is 1. The molecule has 2 unspecified atom stereocenters. The second kappa shape index (κ2) is 13.2. The van der Waals surface area contributed by atoms with Crippen molar-refractivity contribution in [1.82, 2.24) is 24.8 Å². The van der Waals surface area contributed by atoms with Gasteiger partial charge in [-0.25, -0.2) is 14.1 Å². The minimum absolute atomic E-state index is 0.0909. The SMILES string of the molecule is Nc1nc2c(ncn2[C@@H]2O[C@H](COP(=O)(O)OP(=O)(O)OCCCCCCNC(=O)C(F)(F)F)[C@@H](O)[C@H]2O)c(=O)[nH]1. The number of nitrogen functional groups attached to an aromatic ring is 1. The van der Waals surface area contributed by atoms with Gasteiger partial charge in [-0.2, -0.15) is 22.5 Å². The molecule has 3 rings (SSSR count). The van der Waals surface area contributed by atoms with Gasteiger partial charge in [0.15, 0.2) is 17.4 Å². The van der Waals surface area contributed by atoms with Crippen LogP contribution in [0.2, 0.25) is 0 Å². The maximum absolute atomic E-state index is 12.2. The topological polar surface area (TPSA) is 271 Å². The molecular formula is C18H27F3N6O12P2. The number of carbonyl (C=O) groups excluding carboxylic acids is 1. The van der Waals surface area contributed by atoms with E-state index >= 15 is 0 Å². The molecule has 18 nitrogen and oxygen atoms in total. The predicted molar refractivity (Wildman–Crippen MR) is 129 cm³/mol. The summed E-state index contributed by atoms with van der Waals surface area (Å²) >= 11 is 0. The number of H-pyrrole nitrogens is 1. The number of carbonyl (C=O) groups is 1. The molecule has 6 atom stereocenters. The Morgan fingerprint density at radius 1 is 1.15 bits per heavy atom. The van der Waals surface area contributed by atoms with Crippen molar-refractivity contribution in [1.29, 1.82) is 0 Å². The number of amides is 1. The molecule has 0 spiro atoms. The van der Waals surface area contributed by atoms with Crippen molar-refractivity contribution in [2.45, 2.75) is 56.4 Å². The highest BCUT2D eigenvalue weighted by Gasteiger charge is 2.46. The number of hydrogen-bond donors (Lipinski definition) is 7. The van der Waals surface area contributed by atoms with Crippen molar-refractivity contribution in [3.8, 4) is 0 Å². The Bertz CT molecular complexity index is 1370. The van der Waals surface area contributed by atoms with Gasteiger partial charge in [0.1, 0.15) is 18.3 Å². The standard InChI is InChI=1S/C18H27F3N6O12P2/c19-18(20,21)16(31)23-5-3-1-2-4-6-36-40(32,33)39-41(34,35)37-7-9-11(28)12(29)15(38-9)27-8-24-10-13(27)25-17(22)26-14(10)30/h8-9,11-12,15,28-29H,1-7H2,(H,23,31)(H,32,33)(H,34,35)(H3,22,25,26,30)/t9-,11-,12-,15-/m1/s1. The quantitative estimate of drug-likeness (QED) is 0.104. The molecule has 0 aliphatic carbocycles. The third-order valence-electron chi connectivity index (χ3n) is 5.54. The number of halogens is 3. The van der Waals surface area contributed by atoms with Gasteiger partial charge in [-0.1, -0.05) is 12.8 Å². The van der Waals surface area contributed by atoms with Crippen molar-refractivity contribution in [3.63, 3.8) is 0 Å². The number of phosphoric ester groups is 2. The van der Waals surface area contributed by atoms with Gasteiger partial charge < -0.3 is 35.8 Å². The van der Waals surface area contributed by atoms with Crippen LogP contribution < -0.4 is 16.6 Å². The summed E-state index contributed by atoms with van der Waals surface area (Å²) in [7, 11) is -10.4. The summed E-state index contributed by atoms with van der Waals surface area (Å²) in [6, 6.07) is 0. The van der Waals surface area contributed by atoms with Crippen LogP contribution in [0.15, 0.2) is 11.1 Å². The van der Waals surface area contributed by atoms with Crippen LogP contribution >= 0.6 is 15.6 Å². The summed E-state index contributed by atoms with van der Waals surface area (Å²) in [6.45, 7) is -1.56. The Kier molecular flexibility index (Phi) is 10.7. The normalized spacial score (nSPS) is 24.3. The van der Waals surface area contributed by atoms with E-state index in [0.717, 1.165) is 10.9 Å². The van der Waals surface area contributed by atoms with Crippen LogP contribution in [0.4, 0.5) is 19.1 Å². The summed E-state index contributed by atoms with van der Waals surface area (Å²) in [4.78, 5) is 52.1. The summed E-state index contributed by atoms with van der Waals surface area (Å²) in [6.07, 6.45) is -9.13. The summed E-state index contributed by atoms with van der Waals surface area (Å²) in [5, 5.41) is 22.4. The van der Waals surface area contributed by atoms with Crippen LogP contribution in [0.3, 0.4) is 0 Å². The smallest absolute Gasteiger partial charge is 0.387 e. The van der Waals surface area contributed by atoms with Crippen molar-refractivity contribution in [2.24, 2.45) is 0 Å². The lowest BCUT2D eigenvalue weighted by atomic mass is 10.1. The number of unbranched alkanes of at least 4 members (excludes halogenated alkanes) is 3. The van der Waals surface area contributed by atoms with Gasteiger partial charge in [0.25, 0.3) is 5.56 Å². The van der Waals surface area contributed by atoms with Crippen LogP contribution in [0.1, 0.15) is 31.9 Å². The zero-order chi connectivity index (χ0) is 30.6. The first kappa shape index (κ1) is 33.1. The fourth-order valence-corrected chi connectivity index (χ4v) is 5.75. The number of anilines is 1. The van der Waals surface area contributed by atoms with E-state index in [2.05, 4.69) is 28.3 Å². The molecule has 41 heavy (non-hydrogen) atoms. The molecule has 1 aliphatic rings. The Hall–Kier alpha value is -2.45. The number of aliphatic hydroxyl groups excluding tert-OH is 2. The Balaban J connectivity index is 1.43. The molecule has 1 aliphatic heterocycles. The Morgan fingerprint density at radius 2 is 1.80 bits per heavy atom. The van der Waals surface area contributed by atoms with Crippen LogP contribution in [-0.2, 0) is 32.0 Å². The fourth-order valence-electron chi connectivity index (χ4n) is 3.63. The van der Waals surface area contributed by atoms with E-state index < -0.39 is 71.0 Å². The summed E-state index contributed by atoms with van der Waals surface area (Å²) < 4.78 is 80.3. The number of nitrogens with two attached hydrogens (primary N) is 1. The molecule has 1 saturated heterocycles. The number of hydrogen-bond acceptors (Lipinski definition) is 13. The lowest BCUT2D eigenvalue weighted by molar-refractivity contribution is -0.173. The maximum atomic E-state index is 12.2. The van der Waals surface area contributed by atoms with E-state index in [4.69, 9.17) is 10.5 Å². The van der Waals surface area contributed by atoms with E-state index in [1.807, 2.05) is 0 Å². The van der Waals surface area contributed by atoms with Crippen LogP contribution in [0.5, 0.6) is 0 Å². The number of fused-ring (bicyclic) bond motifs is 1. The van der Waals surface area contributed by atoms with Crippen LogP contribution in [0.25, 0.3) is 11.2 Å². The summed E-state index contributed by atoms with van der Waals surface area (Å²) in [5.74, 6) is -2.33. The second-order valence-electron chi connectivity index (χ2n) is 8.64. The summed E-state index contributed by atoms with van der Waals surface area (Å²) in [5.41, 5.74) is 4.60. The predicted octanol–water partition coefficient (Wildman–Crippen LogP) is -0.190. The van der Waals surface area contributed by atoms with Crippen molar-refractivity contribution in [2.75, 3.05) is 25.5 Å². The molecule has 8 N–H and O–H groups in total. The van der Waals surface area contributed by atoms with Crippen molar-refractivity contribution >= 4 is 38.7 Å². The molecule has 0 saturated carbocycles. The first-order valence-electron chi connectivity index (χ1n) is 11.8. The van der Waals surface area contributed by atoms with E-state index in [9.17, 15) is 51.9 Å². The van der Waals surface area contributed by atoms with E-state index in [1.165, 1.54) is 0 Å². The lowest BCUT2D eigenvalue weighted by Gasteiger charge is -2.19. The number of nitrogens with one attached hydrogen (secondary N) is 2. The minimum atomic E-state index is -5.27. The van der Waals surface area contributed by atoms with Gasteiger partial charge in [-0.15, -0.1) is 0 Å². The molecule has 23 heteroatoms. The zero-order valence-corrected chi connectivity index (χ0v) is 22.6. The second-order valence-corrected chi connectivity index (χ2v) is 11.7. The maximum Gasteiger partial charge on any atom is 0.481 e. The first-order valence-corrected chi connectivity index (χ1v) is 14.7. The number of nitrogens with zero attached hydrogens (tertiary/aromatic N) is 3. The molecule has 1 amide bonds. The Labute approximate surface area is 227 Å². The molecule has 0 aromatic carbocycles. The molecule has 0 radical (unpaired) electrons. The molecule has 2 aromatic heterocycles. The van der Waals surface area contributed by atoms with Gasteiger partial charge in [0, 0.05) is 6.54 Å². The average Bonchev–Trinajstić information content (AvgIpc) is 3.39. The van der Waals surface area contributed by atoms with Crippen LogP contribution in [0, 0.1) is 0 Å². The van der Waals surface area contributed by atoms with Crippen LogP contribution in [-0.4, -0.2) is 89.7 Å². The third-order valence-corrected chi connectivity index (χ3v) is 8.17. The highest BCUT2D eigenvalue weighted by Crippen LogP contribution is 2.60. The van der Waals surface area contributed by atoms with E-state index in [1.54, 1.807) is 5.32 Å². The molecule has 1 fully saturated rings. The molecular weight excluding hydrogens is 611 g/mol. The number of alkyl halides is 3. The third kappa shape index (κ3) is 9.02. The average molecular weight is 638 g/mol. The number of phosphoric acid groups is 2. The highest BCUT2D eigenvalue weighted by molar-refractivity contribution is 7.61. The number of aliphatic hydroxyl groups is 2. The highest BCUT2D eigenvalue weighted by atomic mass is 31.3. The molecule has 232 valence electrons. The zero-order valence-electron chi connectivity index (χ0n) is 20.8. The number of aromatic amines is 1. The van der Waals surface area contributed by atoms with Gasteiger partial charge in [-0.05, 0) is 12.8 Å². The number of aromatic nitrogens is 4. The van der Waals surface area contributed by atoms with Gasteiger partial charge in [0.2, 0.25) is 5.95 Å². The minimum Gasteiger partial charge on any atom is -0.387 e. The first-order chi connectivity index (χ1) is 19.0. The van der Waals surface area contributed by atoms with Gasteiger partial charge in [-0.3, -0.25) is 28.2 Å². The molecule has 2 aromatic rings. The van der Waals surface area contributed by atoms with Gasteiger partial charge in [0.05, 0.1) is 19.5 Å². The monoisotopic (exact) mass is 638 g/mol. The van der Waals surface area contributed by atoms with E-state index in [0.29, 0.717) is 12.8 Å². The van der Waals surface area contributed by atoms with Gasteiger partial charge >= 0.3 is 27.7 Å². The molecule has 0 bridgehead atoms. The van der Waals surface area contributed by atoms with E-state index in [-0.39, 0.29) is 36.5 Å².